The van der Waals surface area contributed by atoms with E-state index in [1.807, 2.05) is 13.0 Å². The SMILES string of the molecule is COc1ccc(NC(=O)c2ccco2)cc1NC(=S)NC(=O)c1cccc(C)c1. The molecule has 3 N–H and O–H groups in total. The maximum Gasteiger partial charge on any atom is 0.291 e. The van der Waals surface area contributed by atoms with Crippen LogP contribution in [0.4, 0.5) is 11.4 Å². The van der Waals surface area contributed by atoms with Crippen LogP contribution < -0.4 is 20.7 Å². The molecule has 3 rings (SSSR count). The van der Waals surface area contributed by atoms with E-state index < -0.39 is 0 Å². The van der Waals surface area contributed by atoms with Crippen LogP contribution in [0.2, 0.25) is 0 Å². The molecule has 0 aliphatic heterocycles. The molecule has 0 aliphatic rings. The van der Waals surface area contributed by atoms with Crippen LogP contribution in [0, 0.1) is 6.92 Å². The first kappa shape index (κ1) is 20.1. The molecule has 0 radical (unpaired) electrons. The quantitative estimate of drug-likeness (QED) is 0.552. The summed E-state index contributed by atoms with van der Waals surface area (Å²) in [5.41, 5.74) is 2.46. The zero-order valence-electron chi connectivity index (χ0n) is 15.8. The number of ether oxygens (including phenoxy) is 1. The highest BCUT2D eigenvalue weighted by Crippen LogP contribution is 2.28. The van der Waals surface area contributed by atoms with E-state index in [1.54, 1.807) is 48.5 Å². The largest absolute Gasteiger partial charge is 0.495 e. The smallest absolute Gasteiger partial charge is 0.291 e. The number of amides is 2. The first-order valence-corrected chi connectivity index (χ1v) is 9.09. The van der Waals surface area contributed by atoms with E-state index in [9.17, 15) is 9.59 Å². The summed E-state index contributed by atoms with van der Waals surface area (Å²) in [5.74, 6) is -0.0293. The highest BCUT2D eigenvalue weighted by Gasteiger charge is 2.13. The lowest BCUT2D eigenvalue weighted by Crippen LogP contribution is -2.34. The Hall–Kier alpha value is -3.65. The van der Waals surface area contributed by atoms with Gasteiger partial charge < -0.3 is 19.8 Å². The Morgan fingerprint density at radius 3 is 2.52 bits per heavy atom. The minimum absolute atomic E-state index is 0.101. The van der Waals surface area contributed by atoms with Crippen LogP contribution in [-0.2, 0) is 0 Å². The van der Waals surface area contributed by atoms with Crippen molar-refractivity contribution in [2.75, 3.05) is 17.7 Å². The molecule has 0 aliphatic carbocycles. The highest BCUT2D eigenvalue weighted by atomic mass is 32.1. The Bertz CT molecular complexity index is 1050. The highest BCUT2D eigenvalue weighted by molar-refractivity contribution is 7.80. The van der Waals surface area contributed by atoms with Crippen molar-refractivity contribution >= 4 is 40.5 Å². The van der Waals surface area contributed by atoms with Crippen LogP contribution in [0.1, 0.15) is 26.5 Å². The standard InChI is InChI=1S/C21H19N3O4S/c1-13-5-3-6-14(11-13)19(25)24-21(29)23-16-12-15(8-9-17(16)27-2)22-20(26)18-7-4-10-28-18/h3-12H,1-2H3,(H,22,26)(H2,23,24,25,29). The molecular formula is C21H19N3O4S. The van der Waals surface area contributed by atoms with E-state index in [0.29, 0.717) is 22.7 Å². The fourth-order valence-electron chi connectivity index (χ4n) is 2.60. The lowest BCUT2D eigenvalue weighted by Gasteiger charge is -2.14. The summed E-state index contributed by atoms with van der Waals surface area (Å²) < 4.78 is 10.4. The molecule has 0 saturated carbocycles. The summed E-state index contributed by atoms with van der Waals surface area (Å²) in [7, 11) is 1.51. The lowest BCUT2D eigenvalue weighted by atomic mass is 10.1. The van der Waals surface area contributed by atoms with E-state index in [2.05, 4.69) is 16.0 Å². The maximum atomic E-state index is 12.4. The molecule has 29 heavy (non-hydrogen) atoms. The average molecular weight is 409 g/mol. The molecule has 0 fully saturated rings. The molecule has 0 spiro atoms. The van der Waals surface area contributed by atoms with Crippen LogP contribution in [-0.4, -0.2) is 24.0 Å². The molecule has 8 heteroatoms. The third-order valence-electron chi connectivity index (χ3n) is 3.96. The Labute approximate surface area is 173 Å². The number of hydrogen-bond donors (Lipinski definition) is 3. The topological polar surface area (TPSA) is 92.6 Å². The van der Waals surface area contributed by atoms with Gasteiger partial charge in [-0.25, -0.2) is 0 Å². The van der Waals surface area contributed by atoms with Crippen molar-refractivity contribution in [3.05, 3.63) is 77.7 Å². The van der Waals surface area contributed by atoms with Gasteiger partial charge >= 0.3 is 0 Å². The maximum absolute atomic E-state index is 12.4. The van der Waals surface area contributed by atoms with Crippen LogP contribution in [0.25, 0.3) is 0 Å². The lowest BCUT2D eigenvalue weighted by molar-refractivity contribution is 0.0975. The number of carbonyl (C=O) groups is 2. The van der Waals surface area contributed by atoms with Crippen LogP contribution in [0.15, 0.2) is 65.3 Å². The van der Waals surface area contributed by atoms with E-state index in [0.717, 1.165) is 5.56 Å². The van der Waals surface area contributed by atoms with Crippen LogP contribution in [0.3, 0.4) is 0 Å². The van der Waals surface area contributed by atoms with Gasteiger partial charge in [-0.05, 0) is 61.6 Å². The molecule has 1 heterocycles. The van der Waals surface area contributed by atoms with Gasteiger partial charge in [-0.15, -0.1) is 0 Å². The predicted molar refractivity (Wildman–Crippen MR) is 115 cm³/mol. The van der Waals surface area contributed by atoms with E-state index in [-0.39, 0.29) is 22.7 Å². The normalized spacial score (nSPS) is 10.1. The van der Waals surface area contributed by atoms with Gasteiger partial charge in [0.05, 0.1) is 19.1 Å². The first-order valence-electron chi connectivity index (χ1n) is 8.68. The summed E-state index contributed by atoms with van der Waals surface area (Å²) in [6.45, 7) is 1.90. The fraction of sp³-hybridized carbons (Fsp3) is 0.0952. The number of aryl methyl sites for hydroxylation is 1. The minimum Gasteiger partial charge on any atom is -0.495 e. The molecule has 0 bridgehead atoms. The summed E-state index contributed by atoms with van der Waals surface area (Å²) >= 11 is 5.25. The number of hydrogen-bond acceptors (Lipinski definition) is 5. The monoisotopic (exact) mass is 409 g/mol. The molecule has 2 aromatic carbocycles. The van der Waals surface area contributed by atoms with Gasteiger partial charge in [0.1, 0.15) is 5.75 Å². The van der Waals surface area contributed by atoms with Crippen LogP contribution >= 0.6 is 12.2 Å². The third-order valence-corrected chi connectivity index (χ3v) is 4.16. The summed E-state index contributed by atoms with van der Waals surface area (Å²) in [4.78, 5) is 24.5. The first-order chi connectivity index (χ1) is 14.0. The Morgan fingerprint density at radius 2 is 1.83 bits per heavy atom. The van der Waals surface area contributed by atoms with Gasteiger partial charge in [-0.3, -0.25) is 14.9 Å². The molecule has 0 unspecified atom stereocenters. The van der Waals surface area contributed by atoms with Crippen molar-refractivity contribution in [2.45, 2.75) is 6.92 Å². The summed E-state index contributed by atoms with van der Waals surface area (Å²) in [5, 5.41) is 8.38. The van der Waals surface area contributed by atoms with Crippen molar-refractivity contribution in [1.82, 2.24) is 5.32 Å². The van der Waals surface area contributed by atoms with Gasteiger partial charge in [0.15, 0.2) is 10.9 Å². The molecule has 7 nitrogen and oxygen atoms in total. The minimum atomic E-state index is -0.388. The second-order valence-corrected chi connectivity index (χ2v) is 6.53. The second kappa shape index (κ2) is 9.03. The van der Waals surface area contributed by atoms with Crippen LogP contribution in [0.5, 0.6) is 5.75 Å². The Balaban J connectivity index is 1.70. The van der Waals surface area contributed by atoms with Gasteiger partial charge in [-0.1, -0.05) is 17.7 Å². The summed E-state index contributed by atoms with van der Waals surface area (Å²) in [6.07, 6.45) is 1.42. The Kier molecular flexibility index (Phi) is 6.25. The molecule has 1 aromatic heterocycles. The number of thiocarbonyl (C=S) groups is 1. The average Bonchev–Trinajstić information content (AvgIpc) is 3.23. The zero-order valence-corrected chi connectivity index (χ0v) is 16.6. The number of nitrogens with one attached hydrogen (secondary N) is 3. The predicted octanol–water partition coefficient (Wildman–Crippen LogP) is 3.98. The van der Waals surface area contributed by atoms with Gasteiger partial charge in [0.2, 0.25) is 0 Å². The Morgan fingerprint density at radius 1 is 1.00 bits per heavy atom. The zero-order chi connectivity index (χ0) is 20.8. The van der Waals surface area contributed by atoms with E-state index >= 15 is 0 Å². The molecule has 0 atom stereocenters. The molecule has 3 aromatic rings. The fourth-order valence-corrected chi connectivity index (χ4v) is 2.80. The molecule has 148 valence electrons. The molecule has 2 amide bonds. The second-order valence-electron chi connectivity index (χ2n) is 6.12. The third kappa shape index (κ3) is 5.20. The number of rotatable bonds is 5. The van der Waals surface area contributed by atoms with Gasteiger partial charge in [0, 0.05) is 11.3 Å². The van der Waals surface area contributed by atoms with Crippen molar-refractivity contribution in [3.63, 3.8) is 0 Å². The number of benzene rings is 2. The van der Waals surface area contributed by atoms with Gasteiger partial charge in [0.25, 0.3) is 11.8 Å². The summed E-state index contributed by atoms with van der Waals surface area (Å²) in [6, 6.07) is 15.4. The molecular weight excluding hydrogens is 390 g/mol. The van der Waals surface area contributed by atoms with E-state index in [1.165, 1.54) is 13.4 Å². The van der Waals surface area contributed by atoms with Crippen molar-refractivity contribution in [3.8, 4) is 5.75 Å². The number of methoxy groups -OCH3 is 1. The van der Waals surface area contributed by atoms with Crippen molar-refractivity contribution in [1.29, 1.82) is 0 Å². The molecule has 0 saturated heterocycles. The van der Waals surface area contributed by atoms with Crippen molar-refractivity contribution in [2.24, 2.45) is 0 Å². The number of anilines is 2. The van der Waals surface area contributed by atoms with Crippen molar-refractivity contribution < 1.29 is 18.7 Å². The van der Waals surface area contributed by atoms with E-state index in [4.69, 9.17) is 21.4 Å². The number of carbonyl (C=O) groups excluding carboxylic acids is 2. The van der Waals surface area contributed by atoms with Gasteiger partial charge in [-0.2, -0.15) is 0 Å². The number of furan rings is 1.